The molecule has 0 aliphatic heterocycles. The fourth-order valence-electron chi connectivity index (χ4n) is 3.34. The van der Waals surface area contributed by atoms with Crippen molar-refractivity contribution >= 4 is 28.0 Å². The number of rotatable bonds is 5. The number of aromatic nitrogens is 2. The molecule has 0 aliphatic carbocycles. The predicted molar refractivity (Wildman–Crippen MR) is 108 cm³/mol. The van der Waals surface area contributed by atoms with E-state index in [1.165, 1.54) is 43.3 Å². The molecule has 1 aromatic heterocycles. The van der Waals surface area contributed by atoms with Crippen LogP contribution in [0.15, 0.2) is 65.0 Å². The summed E-state index contributed by atoms with van der Waals surface area (Å²) in [7, 11) is -3.11. The van der Waals surface area contributed by atoms with Crippen LogP contribution >= 0.6 is 11.6 Å². The summed E-state index contributed by atoms with van der Waals surface area (Å²) in [5.74, 6) is -1.17. The van der Waals surface area contributed by atoms with Crippen LogP contribution < -0.4 is 0 Å². The summed E-state index contributed by atoms with van der Waals surface area (Å²) in [6.07, 6.45) is -4.92. The molecule has 0 saturated heterocycles. The van der Waals surface area contributed by atoms with E-state index >= 15 is 0 Å². The quantitative estimate of drug-likeness (QED) is 0.528. The lowest BCUT2D eigenvalue weighted by Crippen LogP contribution is -2.43. The van der Waals surface area contributed by atoms with Crippen molar-refractivity contribution < 1.29 is 26.4 Å². The van der Waals surface area contributed by atoms with E-state index < -0.39 is 33.8 Å². The Labute approximate surface area is 182 Å². The smallest absolute Gasteiger partial charge is 0.268 e. The highest BCUT2D eigenvalue weighted by atomic mass is 35.5. The van der Waals surface area contributed by atoms with Gasteiger partial charge in [0.1, 0.15) is 0 Å². The fourth-order valence-corrected chi connectivity index (χ4v) is 3.75. The molecule has 0 N–H and O–H groups in total. The number of hydrogen-bond acceptors (Lipinski definition) is 4. The largest absolute Gasteiger partial charge is 0.435 e. The van der Waals surface area contributed by atoms with Crippen molar-refractivity contribution in [1.82, 2.24) is 9.78 Å². The Morgan fingerprint density at radius 2 is 1.71 bits per heavy atom. The van der Waals surface area contributed by atoms with Gasteiger partial charge in [0.15, 0.2) is 11.2 Å². The van der Waals surface area contributed by atoms with Crippen molar-refractivity contribution in [3.05, 3.63) is 76.9 Å². The molecule has 0 bridgehead atoms. The van der Waals surface area contributed by atoms with Gasteiger partial charge in [-0.3, -0.25) is 4.79 Å². The Morgan fingerprint density at radius 3 is 2.23 bits per heavy atom. The molecule has 1 amide bonds. The third kappa shape index (κ3) is 4.40. The summed E-state index contributed by atoms with van der Waals surface area (Å²) in [5, 5.41) is 4.07. The van der Waals surface area contributed by atoms with E-state index in [-0.39, 0.29) is 17.7 Å². The molecule has 6 nitrogen and oxygen atoms in total. The van der Waals surface area contributed by atoms with Gasteiger partial charge in [-0.05, 0) is 35.7 Å². The SMILES string of the molecule is CCC(C(=O)N=S(=O)=O)(c1ccccc1)n1nc(C(F)(F)F)cc1-c1ccc(Cl)cc1. The van der Waals surface area contributed by atoms with Gasteiger partial charge in [0.05, 0.1) is 5.69 Å². The summed E-state index contributed by atoms with van der Waals surface area (Å²) in [6.45, 7) is 1.54. The molecule has 31 heavy (non-hydrogen) atoms. The molecule has 0 aliphatic rings. The highest BCUT2D eigenvalue weighted by Crippen LogP contribution is 2.39. The van der Waals surface area contributed by atoms with Gasteiger partial charge in [-0.2, -0.15) is 26.7 Å². The maximum absolute atomic E-state index is 13.6. The van der Waals surface area contributed by atoms with Crippen LogP contribution in [-0.4, -0.2) is 24.1 Å². The lowest BCUT2D eigenvalue weighted by atomic mass is 9.86. The normalized spacial score (nSPS) is 13.5. The number of hydrogen-bond donors (Lipinski definition) is 0. The minimum Gasteiger partial charge on any atom is -0.268 e. The van der Waals surface area contributed by atoms with Crippen molar-refractivity contribution in [3.8, 4) is 11.3 Å². The van der Waals surface area contributed by atoms with Crippen molar-refractivity contribution in [2.24, 2.45) is 4.36 Å². The number of carbonyl (C=O) groups is 1. The van der Waals surface area contributed by atoms with E-state index in [4.69, 9.17) is 11.6 Å². The van der Waals surface area contributed by atoms with Gasteiger partial charge in [-0.15, -0.1) is 0 Å². The van der Waals surface area contributed by atoms with Crippen LogP contribution in [0.25, 0.3) is 11.3 Å². The number of alkyl halides is 3. The Balaban J connectivity index is 2.43. The highest BCUT2D eigenvalue weighted by molar-refractivity contribution is 7.62. The van der Waals surface area contributed by atoms with Gasteiger partial charge in [-0.25, -0.2) is 4.68 Å². The van der Waals surface area contributed by atoms with E-state index in [9.17, 15) is 26.4 Å². The van der Waals surface area contributed by atoms with E-state index in [2.05, 4.69) is 9.46 Å². The van der Waals surface area contributed by atoms with Crippen molar-refractivity contribution in [2.45, 2.75) is 25.1 Å². The van der Waals surface area contributed by atoms with Gasteiger partial charge in [-0.1, -0.05) is 65.4 Å². The molecular formula is C20H15ClF3N3O3S. The van der Waals surface area contributed by atoms with Crippen LogP contribution in [0.5, 0.6) is 0 Å². The van der Waals surface area contributed by atoms with Crippen LogP contribution in [0.1, 0.15) is 24.6 Å². The molecule has 0 radical (unpaired) electrons. The molecule has 2 aromatic carbocycles. The van der Waals surface area contributed by atoms with Crippen molar-refractivity contribution in [3.63, 3.8) is 0 Å². The Bertz CT molecular complexity index is 1230. The second kappa shape index (κ2) is 8.64. The zero-order valence-electron chi connectivity index (χ0n) is 16.0. The molecule has 0 saturated carbocycles. The summed E-state index contributed by atoms with van der Waals surface area (Å²) in [5.41, 5.74) is -2.67. The Morgan fingerprint density at radius 1 is 1.10 bits per heavy atom. The third-order valence-electron chi connectivity index (χ3n) is 4.78. The molecule has 1 unspecified atom stereocenters. The lowest BCUT2D eigenvalue weighted by Gasteiger charge is -2.31. The standard InChI is InChI=1S/C20H15ClF3N3O3S/c1-2-19(18(28)26-31(29)30,14-6-4-3-5-7-14)27-16(12-17(25-27)20(22,23)24)13-8-10-15(21)11-9-13/h3-12H,2H2,1H3. The minimum atomic E-state index is -4.80. The molecule has 162 valence electrons. The molecule has 11 heteroatoms. The number of nitrogens with zero attached hydrogens (tertiary/aromatic N) is 3. The second-order valence-corrected chi connectivity index (χ2v) is 7.58. The molecule has 1 heterocycles. The molecular weight excluding hydrogens is 455 g/mol. The third-order valence-corrected chi connectivity index (χ3v) is 5.34. The van der Waals surface area contributed by atoms with Crippen LogP contribution in [-0.2, 0) is 27.0 Å². The molecule has 1 atom stereocenters. The van der Waals surface area contributed by atoms with E-state index in [0.717, 1.165) is 10.7 Å². The summed E-state index contributed by atoms with van der Waals surface area (Å²) in [4.78, 5) is 13.1. The van der Waals surface area contributed by atoms with Crippen LogP contribution in [0.3, 0.4) is 0 Å². The van der Waals surface area contributed by atoms with E-state index in [1.807, 2.05) is 0 Å². The fraction of sp³-hybridized carbons (Fsp3) is 0.200. The first-order valence-corrected chi connectivity index (χ1v) is 10.4. The predicted octanol–water partition coefficient (Wildman–Crippen LogP) is 4.97. The topological polar surface area (TPSA) is 81.4 Å². The van der Waals surface area contributed by atoms with E-state index in [1.54, 1.807) is 18.2 Å². The number of halogens is 4. The number of carbonyl (C=O) groups excluding carboxylic acids is 1. The molecule has 0 fully saturated rings. The number of amides is 1. The first-order valence-electron chi connectivity index (χ1n) is 8.94. The van der Waals surface area contributed by atoms with Crippen LogP contribution in [0.2, 0.25) is 5.02 Å². The van der Waals surface area contributed by atoms with Gasteiger partial charge in [0.2, 0.25) is 0 Å². The van der Waals surface area contributed by atoms with Crippen LogP contribution in [0.4, 0.5) is 13.2 Å². The van der Waals surface area contributed by atoms with Gasteiger partial charge < -0.3 is 0 Å². The summed E-state index contributed by atoms with van der Waals surface area (Å²) in [6, 6.07) is 14.6. The average Bonchev–Trinajstić information content (AvgIpc) is 3.16. The van der Waals surface area contributed by atoms with E-state index in [0.29, 0.717) is 10.6 Å². The minimum absolute atomic E-state index is 0.0464. The molecule has 0 spiro atoms. The van der Waals surface area contributed by atoms with Crippen molar-refractivity contribution in [2.75, 3.05) is 0 Å². The zero-order chi connectivity index (χ0) is 22.8. The van der Waals surface area contributed by atoms with Crippen LogP contribution in [0, 0.1) is 0 Å². The monoisotopic (exact) mass is 469 g/mol. The van der Waals surface area contributed by atoms with Gasteiger partial charge in [0.25, 0.3) is 5.91 Å². The lowest BCUT2D eigenvalue weighted by molar-refractivity contribution is -0.142. The Hall–Kier alpha value is -2.98. The van der Waals surface area contributed by atoms with Crippen molar-refractivity contribution in [1.29, 1.82) is 0 Å². The molecule has 3 rings (SSSR count). The second-order valence-electron chi connectivity index (χ2n) is 6.52. The Kier molecular flexibility index (Phi) is 6.33. The highest BCUT2D eigenvalue weighted by Gasteiger charge is 2.46. The summed E-state index contributed by atoms with van der Waals surface area (Å²) < 4.78 is 67.1. The number of benzene rings is 2. The first-order chi connectivity index (χ1) is 14.6. The maximum atomic E-state index is 13.6. The van der Waals surface area contributed by atoms with Gasteiger partial charge >= 0.3 is 16.7 Å². The molecule has 3 aromatic rings. The first kappa shape index (κ1) is 22.7. The average molecular weight is 470 g/mol. The summed E-state index contributed by atoms with van der Waals surface area (Å²) >= 11 is 5.90. The van der Waals surface area contributed by atoms with Gasteiger partial charge in [0, 0.05) is 5.02 Å². The zero-order valence-corrected chi connectivity index (χ0v) is 17.5. The maximum Gasteiger partial charge on any atom is 0.435 e.